The zero-order valence-corrected chi connectivity index (χ0v) is 15.8. The first-order valence-electron chi connectivity index (χ1n) is 9.25. The van der Waals surface area contributed by atoms with Gasteiger partial charge in [0.1, 0.15) is 11.8 Å². The van der Waals surface area contributed by atoms with E-state index in [1.807, 2.05) is 19.1 Å². The van der Waals surface area contributed by atoms with Gasteiger partial charge in [0.05, 0.1) is 6.61 Å². The largest absolute Gasteiger partial charge is 0.494 e. The van der Waals surface area contributed by atoms with Crippen LogP contribution < -0.4 is 10.1 Å². The fraction of sp³-hybridized carbons (Fsp3) is 0.286. The third-order valence-electron chi connectivity index (χ3n) is 4.75. The molecule has 4 rings (SSSR count). The number of tetrazole rings is 1. The molecule has 2 aromatic carbocycles. The molecule has 0 saturated carbocycles. The lowest BCUT2D eigenvalue weighted by Crippen LogP contribution is -2.20. The van der Waals surface area contributed by atoms with E-state index in [1.165, 1.54) is 5.56 Å². The summed E-state index contributed by atoms with van der Waals surface area (Å²) in [6.07, 6.45) is 2.16. The third kappa shape index (κ3) is 3.43. The normalized spacial score (nSPS) is 15.9. The van der Waals surface area contributed by atoms with E-state index in [4.69, 9.17) is 4.74 Å². The summed E-state index contributed by atoms with van der Waals surface area (Å²) in [5.74, 6) is 2.01. The van der Waals surface area contributed by atoms with Crippen LogP contribution in [-0.2, 0) is 0 Å². The van der Waals surface area contributed by atoms with Gasteiger partial charge in [0.2, 0.25) is 5.95 Å². The standard InChI is InChI=1S/C21H23N5O/c1-4-27-18-11-9-17(10-12-18)20-13-19(22-21-23-24-25-26(20)21)16-7-5-15(6-8-16)14(2)3/h5-14,20H,4H2,1-3H3,(H,22,23,25)/t20-/m1/s1. The number of aromatic nitrogens is 4. The summed E-state index contributed by atoms with van der Waals surface area (Å²) in [4.78, 5) is 0. The van der Waals surface area contributed by atoms with Gasteiger partial charge < -0.3 is 10.1 Å². The Balaban J connectivity index is 1.69. The number of fused-ring (bicyclic) bond motifs is 1. The SMILES string of the molecule is CCOc1ccc([C@H]2C=C(c3ccc(C(C)C)cc3)Nc3nnnn32)cc1. The molecule has 0 spiro atoms. The maximum atomic E-state index is 5.55. The number of anilines is 1. The molecule has 6 heteroatoms. The van der Waals surface area contributed by atoms with Gasteiger partial charge in [-0.3, -0.25) is 0 Å². The average Bonchev–Trinajstić information content (AvgIpc) is 3.17. The molecule has 2 heterocycles. The number of nitrogens with one attached hydrogen (secondary N) is 1. The second-order valence-corrected chi connectivity index (χ2v) is 6.88. The van der Waals surface area contributed by atoms with E-state index in [0.29, 0.717) is 18.5 Å². The van der Waals surface area contributed by atoms with Crippen LogP contribution in [-0.4, -0.2) is 26.8 Å². The Kier molecular flexibility index (Phi) is 4.62. The van der Waals surface area contributed by atoms with Crippen LogP contribution in [0.1, 0.15) is 49.4 Å². The smallest absolute Gasteiger partial charge is 0.248 e. The lowest BCUT2D eigenvalue weighted by atomic mass is 9.98. The van der Waals surface area contributed by atoms with Gasteiger partial charge in [0.15, 0.2) is 0 Å². The monoisotopic (exact) mass is 361 g/mol. The van der Waals surface area contributed by atoms with Crippen molar-refractivity contribution in [2.75, 3.05) is 11.9 Å². The first-order chi connectivity index (χ1) is 13.2. The molecular formula is C21H23N5O. The number of nitrogens with zero attached hydrogens (tertiary/aromatic N) is 4. The van der Waals surface area contributed by atoms with Crippen LogP contribution in [0.4, 0.5) is 5.95 Å². The van der Waals surface area contributed by atoms with Gasteiger partial charge in [0, 0.05) is 5.70 Å². The second kappa shape index (κ2) is 7.23. The van der Waals surface area contributed by atoms with Gasteiger partial charge in [-0.1, -0.05) is 55.3 Å². The minimum absolute atomic E-state index is 0.0771. The Morgan fingerprint density at radius 3 is 2.48 bits per heavy atom. The van der Waals surface area contributed by atoms with Crippen molar-refractivity contribution in [3.05, 3.63) is 71.3 Å². The highest BCUT2D eigenvalue weighted by Crippen LogP contribution is 2.32. The van der Waals surface area contributed by atoms with Crippen LogP contribution in [0.3, 0.4) is 0 Å². The molecule has 0 fully saturated rings. The summed E-state index contributed by atoms with van der Waals surface area (Å²) in [5, 5.41) is 15.5. The van der Waals surface area contributed by atoms with Crippen LogP contribution in [0.5, 0.6) is 5.75 Å². The molecule has 1 atom stereocenters. The number of rotatable bonds is 5. The fourth-order valence-corrected chi connectivity index (χ4v) is 3.24. The van der Waals surface area contributed by atoms with Crippen molar-refractivity contribution in [1.29, 1.82) is 0 Å². The Labute approximate surface area is 158 Å². The summed E-state index contributed by atoms with van der Waals surface area (Å²) in [5.41, 5.74) is 4.55. The fourth-order valence-electron chi connectivity index (χ4n) is 3.24. The number of benzene rings is 2. The van der Waals surface area contributed by atoms with E-state index in [1.54, 1.807) is 4.68 Å². The lowest BCUT2D eigenvalue weighted by Gasteiger charge is -2.23. The van der Waals surface area contributed by atoms with E-state index in [2.05, 4.69) is 77.2 Å². The van der Waals surface area contributed by atoms with Crippen molar-refractivity contribution in [2.45, 2.75) is 32.7 Å². The molecule has 0 saturated heterocycles. The molecule has 138 valence electrons. The quantitative estimate of drug-likeness (QED) is 0.736. The maximum Gasteiger partial charge on any atom is 0.248 e. The summed E-state index contributed by atoms with van der Waals surface area (Å²) in [6, 6.07) is 16.6. The van der Waals surface area contributed by atoms with E-state index < -0.39 is 0 Å². The number of allylic oxidation sites excluding steroid dienone is 1. The molecule has 1 N–H and O–H groups in total. The predicted molar refractivity (Wildman–Crippen MR) is 106 cm³/mol. The van der Waals surface area contributed by atoms with Crippen molar-refractivity contribution in [3.63, 3.8) is 0 Å². The van der Waals surface area contributed by atoms with Crippen LogP contribution in [0.25, 0.3) is 5.70 Å². The summed E-state index contributed by atoms with van der Waals surface area (Å²) in [6.45, 7) is 7.03. The van der Waals surface area contributed by atoms with Crippen molar-refractivity contribution in [3.8, 4) is 5.75 Å². The summed E-state index contributed by atoms with van der Waals surface area (Å²) < 4.78 is 7.34. The average molecular weight is 361 g/mol. The third-order valence-corrected chi connectivity index (χ3v) is 4.75. The van der Waals surface area contributed by atoms with Gasteiger partial charge >= 0.3 is 0 Å². The molecule has 0 bridgehead atoms. The van der Waals surface area contributed by atoms with Crippen LogP contribution >= 0.6 is 0 Å². The Bertz CT molecular complexity index is 941. The molecule has 27 heavy (non-hydrogen) atoms. The second-order valence-electron chi connectivity index (χ2n) is 6.88. The van der Waals surface area contributed by atoms with E-state index >= 15 is 0 Å². The molecule has 0 unspecified atom stereocenters. The minimum Gasteiger partial charge on any atom is -0.494 e. The Morgan fingerprint density at radius 1 is 1.07 bits per heavy atom. The Morgan fingerprint density at radius 2 is 1.81 bits per heavy atom. The lowest BCUT2D eigenvalue weighted by molar-refractivity contribution is 0.340. The van der Waals surface area contributed by atoms with Gasteiger partial charge in [0.25, 0.3) is 0 Å². The molecule has 0 amide bonds. The number of hydrogen-bond acceptors (Lipinski definition) is 5. The molecule has 0 radical (unpaired) electrons. The predicted octanol–water partition coefficient (Wildman–Crippen LogP) is 4.25. The molecule has 0 aliphatic carbocycles. The molecule has 6 nitrogen and oxygen atoms in total. The number of ether oxygens (including phenoxy) is 1. The van der Waals surface area contributed by atoms with Crippen molar-refractivity contribution < 1.29 is 4.74 Å². The van der Waals surface area contributed by atoms with Gasteiger partial charge in [-0.05, 0) is 58.2 Å². The van der Waals surface area contributed by atoms with Crippen LogP contribution in [0.15, 0.2) is 54.6 Å². The zero-order valence-electron chi connectivity index (χ0n) is 15.8. The van der Waals surface area contributed by atoms with Crippen molar-refractivity contribution in [1.82, 2.24) is 20.2 Å². The van der Waals surface area contributed by atoms with Gasteiger partial charge in [-0.25, -0.2) is 0 Å². The minimum atomic E-state index is -0.0771. The first kappa shape index (κ1) is 17.3. The van der Waals surface area contributed by atoms with Crippen LogP contribution in [0.2, 0.25) is 0 Å². The van der Waals surface area contributed by atoms with Crippen molar-refractivity contribution in [2.24, 2.45) is 0 Å². The maximum absolute atomic E-state index is 5.55. The van der Waals surface area contributed by atoms with Gasteiger partial charge in [-0.2, -0.15) is 4.68 Å². The molecule has 1 aromatic heterocycles. The first-order valence-corrected chi connectivity index (χ1v) is 9.25. The van der Waals surface area contributed by atoms with Gasteiger partial charge in [-0.15, -0.1) is 0 Å². The number of hydrogen-bond donors (Lipinski definition) is 1. The van der Waals surface area contributed by atoms with E-state index in [9.17, 15) is 0 Å². The highest BCUT2D eigenvalue weighted by atomic mass is 16.5. The molecule has 3 aromatic rings. The zero-order chi connectivity index (χ0) is 18.8. The highest BCUT2D eigenvalue weighted by Gasteiger charge is 2.24. The molecular weight excluding hydrogens is 338 g/mol. The van der Waals surface area contributed by atoms with Crippen molar-refractivity contribution >= 4 is 11.6 Å². The molecule has 1 aliphatic heterocycles. The molecule has 1 aliphatic rings. The highest BCUT2D eigenvalue weighted by molar-refractivity contribution is 5.77. The van der Waals surface area contributed by atoms with Crippen LogP contribution in [0, 0.1) is 0 Å². The summed E-state index contributed by atoms with van der Waals surface area (Å²) in [7, 11) is 0. The topological polar surface area (TPSA) is 64.9 Å². The van der Waals surface area contributed by atoms with E-state index in [-0.39, 0.29) is 6.04 Å². The Hall–Kier alpha value is -3.15. The van der Waals surface area contributed by atoms with E-state index in [0.717, 1.165) is 22.6 Å². The summed E-state index contributed by atoms with van der Waals surface area (Å²) >= 11 is 0.